The molecule has 2 aromatic carbocycles. The SMILES string of the molecule is CC(Oc1cccc(C=CCc2ccc3ccc(Cl)cc3n2)c1)C(=O)O. The van der Waals surface area contributed by atoms with E-state index in [0.29, 0.717) is 17.2 Å². The van der Waals surface area contributed by atoms with Crippen molar-refractivity contribution in [3.8, 4) is 5.75 Å². The molecule has 0 fully saturated rings. The van der Waals surface area contributed by atoms with Crippen LogP contribution in [0.1, 0.15) is 18.2 Å². The second-order valence-electron chi connectivity index (χ2n) is 5.92. The minimum atomic E-state index is -0.992. The number of pyridine rings is 1. The molecule has 1 heterocycles. The second-order valence-corrected chi connectivity index (χ2v) is 6.35. The number of hydrogen-bond acceptors (Lipinski definition) is 3. The van der Waals surface area contributed by atoms with Crippen molar-refractivity contribution in [2.24, 2.45) is 0 Å². The fraction of sp³-hybridized carbons (Fsp3) is 0.143. The van der Waals surface area contributed by atoms with Gasteiger partial charge in [0.15, 0.2) is 6.10 Å². The number of carboxylic acids is 1. The van der Waals surface area contributed by atoms with E-state index >= 15 is 0 Å². The first-order chi connectivity index (χ1) is 12.5. The Hall–Kier alpha value is -2.85. The van der Waals surface area contributed by atoms with Crippen LogP contribution in [0.25, 0.3) is 17.0 Å². The molecule has 26 heavy (non-hydrogen) atoms. The number of benzene rings is 2. The van der Waals surface area contributed by atoms with Crippen molar-refractivity contribution >= 4 is 34.5 Å². The third-order valence-corrected chi connectivity index (χ3v) is 4.10. The molecule has 4 nitrogen and oxygen atoms in total. The maximum Gasteiger partial charge on any atom is 0.344 e. The van der Waals surface area contributed by atoms with Gasteiger partial charge in [0.05, 0.1) is 5.52 Å². The number of carboxylic acid groups (broad SMARTS) is 1. The summed E-state index contributed by atoms with van der Waals surface area (Å²) in [6.45, 7) is 1.50. The summed E-state index contributed by atoms with van der Waals surface area (Å²) in [6.07, 6.45) is 3.77. The van der Waals surface area contributed by atoms with Gasteiger partial charge in [-0.25, -0.2) is 4.79 Å². The molecule has 0 aliphatic heterocycles. The predicted molar refractivity (Wildman–Crippen MR) is 104 cm³/mol. The Morgan fingerprint density at radius 1 is 1.23 bits per heavy atom. The lowest BCUT2D eigenvalue weighted by molar-refractivity contribution is -0.144. The standard InChI is InChI=1S/C21H18ClNO3/c1-14(21(24)25)26-19-7-3-5-15(12-19)4-2-6-18-11-9-16-8-10-17(22)13-20(16)23-18/h2-5,7-14H,6H2,1H3,(H,24,25). The summed E-state index contributed by atoms with van der Waals surface area (Å²) in [5.74, 6) is -0.464. The van der Waals surface area contributed by atoms with E-state index in [4.69, 9.17) is 21.4 Å². The normalized spacial score (nSPS) is 12.4. The lowest BCUT2D eigenvalue weighted by atomic mass is 10.1. The summed E-state index contributed by atoms with van der Waals surface area (Å²) in [4.78, 5) is 15.5. The van der Waals surface area contributed by atoms with Gasteiger partial charge in [0.1, 0.15) is 5.75 Å². The summed E-state index contributed by atoms with van der Waals surface area (Å²) >= 11 is 6.02. The molecule has 5 heteroatoms. The first kappa shape index (κ1) is 18.0. The summed E-state index contributed by atoms with van der Waals surface area (Å²) in [7, 11) is 0. The van der Waals surface area contributed by atoms with Gasteiger partial charge in [-0.2, -0.15) is 0 Å². The molecule has 3 rings (SSSR count). The molecule has 0 bridgehead atoms. The molecular weight excluding hydrogens is 350 g/mol. The zero-order valence-electron chi connectivity index (χ0n) is 14.2. The number of carbonyl (C=O) groups is 1. The number of rotatable bonds is 6. The zero-order valence-corrected chi connectivity index (χ0v) is 15.0. The third-order valence-electron chi connectivity index (χ3n) is 3.87. The van der Waals surface area contributed by atoms with Gasteiger partial charge in [-0.3, -0.25) is 4.98 Å². The Morgan fingerprint density at radius 2 is 2.04 bits per heavy atom. The number of allylic oxidation sites excluding steroid dienone is 1. The highest BCUT2D eigenvalue weighted by Crippen LogP contribution is 2.19. The highest BCUT2D eigenvalue weighted by atomic mass is 35.5. The number of nitrogens with zero attached hydrogens (tertiary/aromatic N) is 1. The van der Waals surface area contributed by atoms with Crippen LogP contribution in [0.4, 0.5) is 0 Å². The van der Waals surface area contributed by atoms with Gasteiger partial charge in [-0.15, -0.1) is 0 Å². The Labute approximate surface area is 156 Å². The summed E-state index contributed by atoms with van der Waals surface area (Å²) < 4.78 is 5.38. The molecule has 0 amide bonds. The van der Waals surface area contributed by atoms with E-state index in [0.717, 1.165) is 22.2 Å². The summed E-state index contributed by atoms with van der Waals surface area (Å²) in [5, 5.41) is 10.6. The van der Waals surface area contributed by atoms with Gasteiger partial charge in [0.2, 0.25) is 0 Å². The van der Waals surface area contributed by atoms with Crippen molar-refractivity contribution < 1.29 is 14.6 Å². The molecule has 1 N–H and O–H groups in total. The number of halogens is 1. The van der Waals surface area contributed by atoms with E-state index in [1.54, 1.807) is 6.07 Å². The molecule has 0 saturated carbocycles. The van der Waals surface area contributed by atoms with Crippen LogP contribution in [0.5, 0.6) is 5.75 Å². The summed E-state index contributed by atoms with van der Waals surface area (Å²) in [6, 6.07) is 17.0. The highest BCUT2D eigenvalue weighted by molar-refractivity contribution is 6.31. The fourth-order valence-corrected chi connectivity index (χ4v) is 2.67. The van der Waals surface area contributed by atoms with E-state index in [9.17, 15) is 4.79 Å². The largest absolute Gasteiger partial charge is 0.479 e. The number of hydrogen-bond donors (Lipinski definition) is 1. The molecule has 1 aromatic heterocycles. The Kier molecular flexibility index (Phi) is 5.54. The van der Waals surface area contributed by atoms with E-state index < -0.39 is 12.1 Å². The van der Waals surface area contributed by atoms with E-state index in [-0.39, 0.29) is 0 Å². The molecule has 132 valence electrons. The van der Waals surface area contributed by atoms with E-state index in [2.05, 4.69) is 4.98 Å². The molecule has 0 aliphatic carbocycles. The maximum atomic E-state index is 10.9. The van der Waals surface area contributed by atoms with Crippen LogP contribution in [-0.2, 0) is 11.2 Å². The lowest BCUT2D eigenvalue weighted by Crippen LogP contribution is -2.22. The van der Waals surface area contributed by atoms with Crippen LogP contribution in [0, 0.1) is 0 Å². The minimum Gasteiger partial charge on any atom is -0.479 e. The number of fused-ring (bicyclic) bond motifs is 1. The van der Waals surface area contributed by atoms with Crippen LogP contribution in [0.3, 0.4) is 0 Å². The van der Waals surface area contributed by atoms with Gasteiger partial charge in [0, 0.05) is 22.5 Å². The van der Waals surface area contributed by atoms with Crippen molar-refractivity contribution in [2.45, 2.75) is 19.4 Å². The Morgan fingerprint density at radius 3 is 2.85 bits per heavy atom. The van der Waals surface area contributed by atoms with Crippen LogP contribution in [0.15, 0.2) is 60.7 Å². The molecule has 1 unspecified atom stereocenters. The number of aliphatic carboxylic acids is 1. The van der Waals surface area contributed by atoms with Crippen molar-refractivity contribution in [2.75, 3.05) is 0 Å². The average Bonchev–Trinajstić information content (AvgIpc) is 2.61. The highest BCUT2D eigenvalue weighted by Gasteiger charge is 2.12. The van der Waals surface area contributed by atoms with Crippen molar-refractivity contribution in [3.05, 3.63) is 77.0 Å². The Balaban J connectivity index is 1.69. The molecule has 3 aromatic rings. The van der Waals surface area contributed by atoms with Gasteiger partial charge in [-0.1, -0.05) is 48.0 Å². The zero-order chi connectivity index (χ0) is 18.5. The molecule has 0 radical (unpaired) electrons. The predicted octanol–water partition coefficient (Wildman–Crippen LogP) is 5.00. The smallest absolute Gasteiger partial charge is 0.344 e. The average molecular weight is 368 g/mol. The molecule has 1 atom stereocenters. The van der Waals surface area contributed by atoms with Gasteiger partial charge in [0.25, 0.3) is 0 Å². The molecule has 0 aliphatic rings. The molecule has 0 saturated heterocycles. The van der Waals surface area contributed by atoms with Gasteiger partial charge in [-0.05, 0) is 42.8 Å². The number of aromatic nitrogens is 1. The van der Waals surface area contributed by atoms with Gasteiger partial charge < -0.3 is 9.84 Å². The first-order valence-electron chi connectivity index (χ1n) is 8.22. The second kappa shape index (κ2) is 8.02. The van der Waals surface area contributed by atoms with Crippen molar-refractivity contribution in [3.63, 3.8) is 0 Å². The third kappa shape index (κ3) is 4.61. The first-order valence-corrected chi connectivity index (χ1v) is 8.60. The topological polar surface area (TPSA) is 59.4 Å². The minimum absolute atomic E-state index is 0.528. The van der Waals surface area contributed by atoms with Crippen LogP contribution >= 0.6 is 11.6 Å². The van der Waals surface area contributed by atoms with Crippen LogP contribution < -0.4 is 4.74 Å². The lowest BCUT2D eigenvalue weighted by Gasteiger charge is -2.10. The molecular formula is C21H18ClNO3. The van der Waals surface area contributed by atoms with E-state index in [1.807, 2.05) is 60.7 Å². The number of ether oxygens (including phenoxy) is 1. The molecule has 0 spiro atoms. The van der Waals surface area contributed by atoms with Crippen molar-refractivity contribution in [1.29, 1.82) is 0 Å². The Bertz CT molecular complexity index is 968. The fourth-order valence-electron chi connectivity index (χ4n) is 2.51. The van der Waals surface area contributed by atoms with Crippen LogP contribution in [0.2, 0.25) is 5.02 Å². The van der Waals surface area contributed by atoms with Crippen LogP contribution in [-0.4, -0.2) is 22.2 Å². The van der Waals surface area contributed by atoms with Crippen molar-refractivity contribution in [1.82, 2.24) is 4.98 Å². The monoisotopic (exact) mass is 367 g/mol. The maximum absolute atomic E-state index is 10.9. The van der Waals surface area contributed by atoms with E-state index in [1.165, 1.54) is 6.92 Å². The van der Waals surface area contributed by atoms with Gasteiger partial charge >= 0.3 is 5.97 Å². The quantitative estimate of drug-likeness (QED) is 0.666. The summed E-state index contributed by atoms with van der Waals surface area (Å²) in [5.41, 5.74) is 2.76.